The first kappa shape index (κ1) is 21.5. The average molecular weight is 399 g/mol. The van der Waals surface area contributed by atoms with E-state index in [1.54, 1.807) is 19.1 Å². The van der Waals surface area contributed by atoms with Crippen LogP contribution < -0.4 is 10.6 Å². The predicted octanol–water partition coefficient (Wildman–Crippen LogP) is 2.19. The lowest BCUT2D eigenvalue weighted by Crippen LogP contribution is -2.41. The molecule has 0 radical (unpaired) electrons. The molecule has 2 aromatic rings. The van der Waals surface area contributed by atoms with Gasteiger partial charge >= 0.3 is 5.97 Å². The topological polar surface area (TPSA) is 139 Å². The number of nitro groups is 1. The number of carboxylic acid groups (broad SMARTS) is 1. The van der Waals surface area contributed by atoms with E-state index in [9.17, 15) is 29.6 Å². The van der Waals surface area contributed by atoms with E-state index >= 15 is 0 Å². The molecule has 0 aromatic heterocycles. The molecule has 152 valence electrons. The summed E-state index contributed by atoms with van der Waals surface area (Å²) in [6.45, 7) is 4.67. The number of carbonyl (C=O) groups is 3. The highest BCUT2D eigenvalue weighted by Crippen LogP contribution is 2.21. The van der Waals surface area contributed by atoms with Crippen LogP contribution in [0.3, 0.4) is 0 Å². The number of nitrogens with one attached hydrogen (secondary N) is 2. The minimum absolute atomic E-state index is 0.114. The molecule has 0 heterocycles. The van der Waals surface area contributed by atoms with Gasteiger partial charge < -0.3 is 15.7 Å². The Morgan fingerprint density at radius 2 is 1.79 bits per heavy atom. The van der Waals surface area contributed by atoms with Gasteiger partial charge in [-0.25, -0.2) is 4.79 Å². The Morgan fingerprint density at radius 3 is 2.38 bits per heavy atom. The van der Waals surface area contributed by atoms with Crippen molar-refractivity contribution in [2.75, 3.05) is 6.54 Å². The Bertz CT molecular complexity index is 986. The van der Waals surface area contributed by atoms with Crippen LogP contribution in [0.2, 0.25) is 0 Å². The predicted molar refractivity (Wildman–Crippen MR) is 105 cm³/mol. The van der Waals surface area contributed by atoms with Crippen LogP contribution in [0.4, 0.5) is 5.69 Å². The molecule has 2 rings (SSSR count). The third-order valence-electron chi connectivity index (χ3n) is 4.57. The fraction of sp³-hybridized carbons (Fsp3) is 0.250. The molecule has 1 unspecified atom stereocenters. The van der Waals surface area contributed by atoms with Gasteiger partial charge in [0.2, 0.25) is 5.91 Å². The molecule has 1 atom stereocenters. The number of amides is 2. The van der Waals surface area contributed by atoms with Crippen molar-refractivity contribution in [2.24, 2.45) is 0 Å². The number of aliphatic carboxylic acids is 1. The SMILES string of the molecule is Cc1cc(C(=O)NCC(=O)NC(C(=O)O)c2cccc(C)c2C)ccc1[N+](=O)[O-]. The number of hydrogen-bond acceptors (Lipinski definition) is 5. The molecule has 2 amide bonds. The molecular weight excluding hydrogens is 378 g/mol. The second kappa shape index (κ2) is 8.96. The van der Waals surface area contributed by atoms with Gasteiger partial charge in [0.1, 0.15) is 0 Å². The number of hydrogen-bond donors (Lipinski definition) is 3. The van der Waals surface area contributed by atoms with Gasteiger partial charge in [-0.3, -0.25) is 19.7 Å². The molecular formula is C20H21N3O6. The molecule has 2 aromatic carbocycles. The van der Waals surface area contributed by atoms with Gasteiger partial charge in [-0.2, -0.15) is 0 Å². The van der Waals surface area contributed by atoms with Crippen molar-refractivity contribution in [3.05, 3.63) is 74.3 Å². The van der Waals surface area contributed by atoms with Gasteiger partial charge in [0.05, 0.1) is 11.5 Å². The van der Waals surface area contributed by atoms with Crippen LogP contribution >= 0.6 is 0 Å². The Kier molecular flexibility index (Phi) is 6.66. The first-order valence-electron chi connectivity index (χ1n) is 8.73. The Balaban J connectivity index is 2.05. The Morgan fingerprint density at radius 1 is 1.10 bits per heavy atom. The number of nitro benzene ring substituents is 1. The number of nitrogens with zero attached hydrogens (tertiary/aromatic N) is 1. The average Bonchev–Trinajstić information content (AvgIpc) is 2.66. The van der Waals surface area contributed by atoms with E-state index in [4.69, 9.17) is 0 Å². The summed E-state index contributed by atoms with van der Waals surface area (Å²) < 4.78 is 0. The lowest BCUT2D eigenvalue weighted by molar-refractivity contribution is -0.385. The van der Waals surface area contributed by atoms with Gasteiger partial charge in [-0.1, -0.05) is 18.2 Å². The highest BCUT2D eigenvalue weighted by atomic mass is 16.6. The Labute approximate surface area is 166 Å². The number of aryl methyl sites for hydroxylation is 2. The summed E-state index contributed by atoms with van der Waals surface area (Å²) in [4.78, 5) is 46.3. The van der Waals surface area contributed by atoms with Crippen molar-refractivity contribution in [1.82, 2.24) is 10.6 Å². The second-order valence-electron chi connectivity index (χ2n) is 6.57. The molecule has 3 N–H and O–H groups in total. The van der Waals surface area contributed by atoms with Gasteiger partial charge in [-0.15, -0.1) is 0 Å². The number of carboxylic acids is 1. The highest BCUT2D eigenvalue weighted by molar-refractivity contribution is 5.97. The smallest absolute Gasteiger partial charge is 0.330 e. The number of benzene rings is 2. The number of carbonyl (C=O) groups excluding carboxylic acids is 2. The third kappa shape index (κ3) is 5.16. The second-order valence-corrected chi connectivity index (χ2v) is 6.57. The first-order chi connectivity index (χ1) is 13.6. The normalized spacial score (nSPS) is 11.4. The molecule has 0 saturated heterocycles. The molecule has 9 nitrogen and oxygen atoms in total. The van der Waals surface area contributed by atoms with Gasteiger partial charge in [-0.05, 0) is 49.6 Å². The summed E-state index contributed by atoms with van der Waals surface area (Å²) in [7, 11) is 0. The lowest BCUT2D eigenvalue weighted by atomic mass is 9.97. The van der Waals surface area contributed by atoms with Crippen LogP contribution in [-0.4, -0.2) is 34.4 Å². The zero-order valence-electron chi connectivity index (χ0n) is 16.2. The van der Waals surface area contributed by atoms with Gasteiger partial charge in [0, 0.05) is 17.2 Å². The van der Waals surface area contributed by atoms with Gasteiger partial charge in [0.15, 0.2) is 6.04 Å². The third-order valence-corrected chi connectivity index (χ3v) is 4.57. The molecule has 0 bridgehead atoms. The molecule has 29 heavy (non-hydrogen) atoms. The molecule has 0 spiro atoms. The van der Waals surface area contributed by atoms with E-state index in [2.05, 4.69) is 10.6 Å². The summed E-state index contributed by atoms with van der Waals surface area (Å²) >= 11 is 0. The maximum absolute atomic E-state index is 12.2. The standard InChI is InChI=1S/C20H21N3O6/c1-11-5-4-6-15(13(11)3)18(20(26)27)22-17(24)10-21-19(25)14-7-8-16(23(28)29)12(2)9-14/h4-9,18H,10H2,1-3H3,(H,21,25)(H,22,24)(H,26,27). The van der Waals surface area contributed by atoms with E-state index in [0.717, 1.165) is 11.1 Å². The monoisotopic (exact) mass is 399 g/mol. The molecule has 0 aliphatic carbocycles. The Hall–Kier alpha value is -3.75. The maximum Gasteiger partial charge on any atom is 0.330 e. The maximum atomic E-state index is 12.2. The molecule has 0 fully saturated rings. The quantitative estimate of drug-likeness (QED) is 0.482. The van der Waals surface area contributed by atoms with Crippen LogP contribution in [0.15, 0.2) is 36.4 Å². The van der Waals surface area contributed by atoms with Crippen molar-refractivity contribution in [1.29, 1.82) is 0 Å². The van der Waals surface area contributed by atoms with E-state index in [1.807, 2.05) is 13.0 Å². The number of rotatable bonds is 7. The van der Waals surface area contributed by atoms with E-state index in [0.29, 0.717) is 11.1 Å². The largest absolute Gasteiger partial charge is 0.479 e. The minimum Gasteiger partial charge on any atom is -0.479 e. The molecule has 0 aliphatic rings. The summed E-state index contributed by atoms with van der Waals surface area (Å²) in [5.74, 6) is -2.49. The summed E-state index contributed by atoms with van der Waals surface area (Å²) in [6.07, 6.45) is 0. The van der Waals surface area contributed by atoms with Crippen molar-refractivity contribution in [3.63, 3.8) is 0 Å². The van der Waals surface area contributed by atoms with E-state index in [-0.39, 0.29) is 11.3 Å². The summed E-state index contributed by atoms with van der Waals surface area (Å²) in [6, 6.07) is 7.77. The van der Waals surface area contributed by atoms with E-state index in [1.165, 1.54) is 25.1 Å². The minimum atomic E-state index is -1.25. The molecule has 0 aliphatic heterocycles. The van der Waals surface area contributed by atoms with Crippen LogP contribution in [-0.2, 0) is 9.59 Å². The highest BCUT2D eigenvalue weighted by Gasteiger charge is 2.24. The van der Waals surface area contributed by atoms with Crippen LogP contribution in [0.25, 0.3) is 0 Å². The van der Waals surface area contributed by atoms with Crippen molar-refractivity contribution in [2.45, 2.75) is 26.8 Å². The van der Waals surface area contributed by atoms with Crippen LogP contribution in [0.1, 0.15) is 38.7 Å². The van der Waals surface area contributed by atoms with E-state index < -0.39 is 35.3 Å². The lowest BCUT2D eigenvalue weighted by Gasteiger charge is -2.18. The van der Waals surface area contributed by atoms with Crippen molar-refractivity contribution < 1.29 is 24.4 Å². The fourth-order valence-electron chi connectivity index (χ4n) is 2.84. The van der Waals surface area contributed by atoms with Crippen LogP contribution in [0, 0.1) is 30.9 Å². The molecule has 0 saturated carbocycles. The summed E-state index contributed by atoms with van der Waals surface area (Å²) in [5, 5.41) is 25.1. The van der Waals surface area contributed by atoms with Gasteiger partial charge in [0.25, 0.3) is 11.6 Å². The van der Waals surface area contributed by atoms with Crippen molar-refractivity contribution in [3.8, 4) is 0 Å². The van der Waals surface area contributed by atoms with Crippen molar-refractivity contribution >= 4 is 23.5 Å². The fourth-order valence-corrected chi connectivity index (χ4v) is 2.84. The van der Waals surface area contributed by atoms with Crippen LogP contribution in [0.5, 0.6) is 0 Å². The zero-order valence-corrected chi connectivity index (χ0v) is 16.2. The molecule has 9 heteroatoms. The zero-order chi connectivity index (χ0) is 21.7. The summed E-state index contributed by atoms with van der Waals surface area (Å²) in [5.41, 5.74) is 2.47. The first-order valence-corrected chi connectivity index (χ1v) is 8.73.